The van der Waals surface area contributed by atoms with Crippen LogP contribution >= 0.6 is 0 Å². The molecule has 0 bridgehead atoms. The molecule has 0 saturated heterocycles. The maximum Gasteiger partial charge on any atom is 1.00 e. The number of nitrogens with two attached hydrogens (primary N) is 1. The van der Waals surface area contributed by atoms with Gasteiger partial charge in [-0.1, -0.05) is 6.92 Å². The molecule has 0 aliphatic rings. The van der Waals surface area contributed by atoms with E-state index in [1.807, 2.05) is 19.1 Å². The molecule has 0 aromatic heterocycles. The van der Waals surface area contributed by atoms with E-state index in [9.17, 15) is 4.79 Å². The summed E-state index contributed by atoms with van der Waals surface area (Å²) in [5.41, 5.74) is 4.87. The third-order valence-corrected chi connectivity index (χ3v) is 0.827. The Kier molecular flexibility index (Phi) is 11.0. The molecule has 0 atom stereocenters. The fourth-order valence-corrected chi connectivity index (χ4v) is 0.417. The monoisotopic (exact) mass is 323 g/mol. The molecular weight excluding hydrogens is 311 g/mol. The number of amides is 1. The molecule has 0 spiro atoms. The Hall–Kier alpha value is -0.180. The molecule has 0 aromatic carbocycles. The van der Waals surface area contributed by atoms with Gasteiger partial charge in [-0.05, 0) is 6.42 Å². The zero-order valence-electron chi connectivity index (χ0n) is 5.93. The van der Waals surface area contributed by atoms with Crippen LogP contribution in [-0.2, 0) is 27.2 Å². The first kappa shape index (κ1) is 12.5. The Balaban J connectivity index is 0. The summed E-state index contributed by atoms with van der Waals surface area (Å²) in [4.78, 5) is 10.1. The number of primary amides is 1. The minimum atomic E-state index is -0.282. The van der Waals surface area contributed by atoms with Crippen molar-refractivity contribution in [2.45, 2.75) is 19.8 Å². The van der Waals surface area contributed by atoms with Crippen molar-refractivity contribution in [1.82, 2.24) is 0 Å². The third-order valence-electron chi connectivity index (χ3n) is 0.827. The van der Waals surface area contributed by atoms with Crippen LogP contribution in [-0.4, -0.2) is 5.91 Å². The number of hydrogen-bond donors (Lipinski definition) is 1. The van der Waals surface area contributed by atoms with E-state index in [4.69, 9.17) is 5.73 Å². The van der Waals surface area contributed by atoms with Gasteiger partial charge in [0.25, 0.3) is 0 Å². The molecule has 0 aliphatic heterocycles. The molecule has 0 aromatic rings. The number of allylic oxidation sites excluding steroid dienone is 2. The predicted molar refractivity (Wildman–Crippen MR) is 37.5 cm³/mol. The minimum Gasteiger partial charge on any atom is -0.371 e. The summed E-state index contributed by atoms with van der Waals surface area (Å²) in [6.45, 7) is 2.04. The predicted octanol–water partition coefficient (Wildman–Crippen LogP) is 1.03. The first-order chi connectivity index (χ1) is 4.27. The molecule has 62 valence electrons. The molecule has 0 fully saturated rings. The standard InChI is InChI=1S/C7H12NO.Au/c1-2-3-4-5-6-7(8)9;/h3-5H,2,6H2,1H3,(H2,8,9);/q-1;+1/b4-3+;. The van der Waals surface area contributed by atoms with Gasteiger partial charge in [-0.2, -0.15) is 0 Å². The van der Waals surface area contributed by atoms with E-state index in [1.165, 1.54) is 0 Å². The van der Waals surface area contributed by atoms with E-state index in [-0.39, 0.29) is 28.3 Å². The quantitative estimate of drug-likeness (QED) is 0.609. The van der Waals surface area contributed by atoms with Gasteiger partial charge in [0.15, 0.2) is 0 Å². The van der Waals surface area contributed by atoms with Crippen molar-refractivity contribution in [3.05, 3.63) is 18.6 Å². The van der Waals surface area contributed by atoms with E-state index in [0.717, 1.165) is 6.42 Å². The number of rotatable bonds is 4. The first-order valence-corrected chi connectivity index (χ1v) is 3.04. The van der Waals surface area contributed by atoms with Crippen LogP contribution < -0.4 is 5.73 Å². The second kappa shape index (κ2) is 8.82. The molecular formula is C7H12AuNO. The Morgan fingerprint density at radius 2 is 2.30 bits per heavy atom. The van der Waals surface area contributed by atoms with Gasteiger partial charge in [-0.3, -0.25) is 4.79 Å². The summed E-state index contributed by atoms with van der Waals surface area (Å²) in [7, 11) is 0. The smallest absolute Gasteiger partial charge is 0.371 e. The number of carbonyl (C=O) groups is 1. The topological polar surface area (TPSA) is 43.1 Å². The zero-order chi connectivity index (χ0) is 7.11. The molecule has 10 heavy (non-hydrogen) atoms. The van der Waals surface area contributed by atoms with Crippen LogP contribution in [0.2, 0.25) is 0 Å². The summed E-state index contributed by atoms with van der Waals surface area (Å²) in [6, 6.07) is 0. The van der Waals surface area contributed by atoms with Crippen molar-refractivity contribution in [2.75, 3.05) is 0 Å². The average Bonchev–Trinajstić information content (AvgIpc) is 1.80. The van der Waals surface area contributed by atoms with Gasteiger partial charge in [0.05, 0.1) is 0 Å². The van der Waals surface area contributed by atoms with Gasteiger partial charge < -0.3 is 5.73 Å². The fraction of sp³-hybridized carbons (Fsp3) is 0.429. The summed E-state index contributed by atoms with van der Waals surface area (Å²) < 4.78 is 0. The molecule has 2 nitrogen and oxygen atoms in total. The van der Waals surface area contributed by atoms with E-state index in [2.05, 4.69) is 0 Å². The van der Waals surface area contributed by atoms with E-state index in [0.29, 0.717) is 6.42 Å². The van der Waals surface area contributed by atoms with Crippen molar-refractivity contribution in [3.63, 3.8) is 0 Å². The van der Waals surface area contributed by atoms with Gasteiger partial charge in [-0.25, -0.2) is 18.6 Å². The third kappa shape index (κ3) is 10.7. The van der Waals surface area contributed by atoms with E-state index in [1.54, 1.807) is 6.42 Å². The van der Waals surface area contributed by atoms with Crippen molar-refractivity contribution >= 4 is 5.91 Å². The van der Waals surface area contributed by atoms with Crippen molar-refractivity contribution in [3.8, 4) is 0 Å². The Labute approximate surface area is 77.4 Å². The normalized spacial score (nSPS) is 8.90. The molecule has 0 unspecified atom stereocenters. The maximum absolute atomic E-state index is 10.1. The van der Waals surface area contributed by atoms with E-state index >= 15 is 0 Å². The van der Waals surface area contributed by atoms with Crippen LogP contribution in [0.1, 0.15) is 19.8 Å². The van der Waals surface area contributed by atoms with Crippen molar-refractivity contribution in [1.29, 1.82) is 0 Å². The van der Waals surface area contributed by atoms with Gasteiger partial charge in [0.2, 0.25) is 5.91 Å². The molecule has 0 aliphatic carbocycles. The zero-order valence-corrected chi connectivity index (χ0v) is 8.10. The Bertz CT molecular complexity index is 112. The fourth-order valence-electron chi connectivity index (χ4n) is 0.417. The summed E-state index contributed by atoms with van der Waals surface area (Å²) >= 11 is 0. The molecule has 0 radical (unpaired) electrons. The Morgan fingerprint density at radius 3 is 2.70 bits per heavy atom. The number of carbonyl (C=O) groups excluding carboxylic acids is 1. The van der Waals surface area contributed by atoms with Crippen LogP contribution in [0.3, 0.4) is 0 Å². The first-order valence-electron chi connectivity index (χ1n) is 3.04. The summed E-state index contributed by atoms with van der Waals surface area (Å²) in [5, 5.41) is 0. The molecule has 0 saturated carbocycles. The Morgan fingerprint density at radius 1 is 1.70 bits per heavy atom. The van der Waals surface area contributed by atoms with Crippen LogP contribution in [0.25, 0.3) is 0 Å². The van der Waals surface area contributed by atoms with Gasteiger partial charge in [-0.15, -0.1) is 6.42 Å². The largest absolute Gasteiger partial charge is 1.00 e. The van der Waals surface area contributed by atoms with Crippen LogP contribution in [0.4, 0.5) is 0 Å². The molecule has 0 heterocycles. The van der Waals surface area contributed by atoms with Crippen LogP contribution in [0, 0.1) is 6.42 Å². The van der Waals surface area contributed by atoms with Crippen molar-refractivity contribution < 1.29 is 27.2 Å². The molecule has 0 rings (SSSR count). The van der Waals surface area contributed by atoms with Gasteiger partial charge in [0, 0.05) is 0 Å². The van der Waals surface area contributed by atoms with Gasteiger partial charge >= 0.3 is 22.4 Å². The summed E-state index contributed by atoms with van der Waals surface area (Å²) in [6.07, 6.45) is 6.92. The van der Waals surface area contributed by atoms with E-state index < -0.39 is 0 Å². The second-order valence-electron chi connectivity index (χ2n) is 1.74. The second-order valence-corrected chi connectivity index (χ2v) is 1.74. The average molecular weight is 323 g/mol. The van der Waals surface area contributed by atoms with Gasteiger partial charge in [0.1, 0.15) is 0 Å². The summed E-state index contributed by atoms with van der Waals surface area (Å²) in [5.74, 6) is -0.282. The number of hydrogen-bond acceptors (Lipinski definition) is 1. The molecule has 3 heteroatoms. The maximum atomic E-state index is 10.1. The van der Waals surface area contributed by atoms with Crippen LogP contribution in [0.5, 0.6) is 0 Å². The minimum absolute atomic E-state index is 0. The van der Waals surface area contributed by atoms with Crippen LogP contribution in [0.15, 0.2) is 12.2 Å². The molecule has 1 amide bonds. The van der Waals surface area contributed by atoms with Crippen molar-refractivity contribution in [2.24, 2.45) is 5.73 Å². The SMILES string of the molecule is CC/C=C/[CH-]CC(N)=O.[Au+]. The molecule has 2 N–H and O–H groups in total.